The molecule has 3 unspecified atom stereocenters. The standard InChI is InChI=1S/C10H19NO2/c1-5-7(2)6-10(4)8(3)11-9(12)13-10/h7-8H,5-6H2,1-4H3,(H,11,12). The fraction of sp³-hybridized carbons (Fsp3) is 0.900. The minimum atomic E-state index is -0.313. The third-order valence-corrected chi connectivity index (χ3v) is 3.03. The van der Waals surface area contributed by atoms with Crippen LogP contribution >= 0.6 is 0 Å². The largest absolute Gasteiger partial charge is 0.441 e. The summed E-state index contributed by atoms with van der Waals surface area (Å²) in [4.78, 5) is 11.0. The quantitative estimate of drug-likeness (QED) is 0.732. The summed E-state index contributed by atoms with van der Waals surface area (Å²) in [6.07, 6.45) is 1.78. The Kier molecular flexibility index (Phi) is 2.84. The summed E-state index contributed by atoms with van der Waals surface area (Å²) in [5.74, 6) is 0.597. The molecule has 1 N–H and O–H groups in total. The van der Waals surface area contributed by atoms with Gasteiger partial charge in [0, 0.05) is 0 Å². The van der Waals surface area contributed by atoms with Gasteiger partial charge < -0.3 is 10.1 Å². The van der Waals surface area contributed by atoms with Crippen molar-refractivity contribution in [2.45, 2.75) is 52.2 Å². The summed E-state index contributed by atoms with van der Waals surface area (Å²) in [6.45, 7) is 8.34. The summed E-state index contributed by atoms with van der Waals surface area (Å²) < 4.78 is 5.28. The molecule has 0 spiro atoms. The molecule has 3 nitrogen and oxygen atoms in total. The highest BCUT2D eigenvalue weighted by Gasteiger charge is 2.42. The minimum Gasteiger partial charge on any atom is -0.441 e. The minimum absolute atomic E-state index is 0.119. The first kappa shape index (κ1) is 10.4. The maximum absolute atomic E-state index is 11.0. The van der Waals surface area contributed by atoms with E-state index in [0.717, 1.165) is 12.8 Å². The molecule has 0 aromatic rings. The van der Waals surface area contributed by atoms with Gasteiger partial charge in [-0.05, 0) is 26.2 Å². The number of alkyl carbamates (subject to hydrolysis) is 1. The monoisotopic (exact) mass is 185 g/mol. The van der Waals surface area contributed by atoms with Crippen LogP contribution in [0.3, 0.4) is 0 Å². The molecule has 1 amide bonds. The van der Waals surface area contributed by atoms with E-state index in [-0.39, 0.29) is 17.7 Å². The highest BCUT2D eigenvalue weighted by atomic mass is 16.6. The van der Waals surface area contributed by atoms with Gasteiger partial charge in [0.25, 0.3) is 0 Å². The molecule has 76 valence electrons. The van der Waals surface area contributed by atoms with Gasteiger partial charge in [-0.25, -0.2) is 4.79 Å². The molecule has 3 heteroatoms. The van der Waals surface area contributed by atoms with E-state index in [2.05, 4.69) is 19.2 Å². The molecule has 1 aliphatic heterocycles. The fourth-order valence-corrected chi connectivity index (χ4v) is 1.71. The van der Waals surface area contributed by atoms with Crippen LogP contribution < -0.4 is 5.32 Å². The van der Waals surface area contributed by atoms with Gasteiger partial charge >= 0.3 is 6.09 Å². The Labute approximate surface area is 79.8 Å². The molecule has 1 aliphatic rings. The first-order chi connectivity index (χ1) is 5.98. The topological polar surface area (TPSA) is 38.3 Å². The van der Waals surface area contributed by atoms with Crippen LogP contribution in [0, 0.1) is 5.92 Å². The third-order valence-electron chi connectivity index (χ3n) is 3.03. The van der Waals surface area contributed by atoms with Gasteiger partial charge in [-0.2, -0.15) is 0 Å². The summed E-state index contributed by atoms with van der Waals surface area (Å²) in [5.41, 5.74) is -0.313. The van der Waals surface area contributed by atoms with Gasteiger partial charge in [0.05, 0.1) is 6.04 Å². The smallest absolute Gasteiger partial charge is 0.408 e. The highest BCUT2D eigenvalue weighted by molar-refractivity contribution is 5.70. The maximum atomic E-state index is 11.0. The number of hydrogen-bond acceptors (Lipinski definition) is 2. The van der Waals surface area contributed by atoms with Crippen molar-refractivity contribution < 1.29 is 9.53 Å². The van der Waals surface area contributed by atoms with Crippen molar-refractivity contribution in [3.05, 3.63) is 0 Å². The zero-order valence-corrected chi connectivity index (χ0v) is 8.89. The van der Waals surface area contributed by atoms with E-state index in [1.165, 1.54) is 0 Å². The van der Waals surface area contributed by atoms with Crippen LogP contribution in [-0.4, -0.2) is 17.7 Å². The molecule has 0 aromatic heterocycles. The van der Waals surface area contributed by atoms with E-state index < -0.39 is 0 Å². The van der Waals surface area contributed by atoms with E-state index in [1.807, 2.05) is 13.8 Å². The lowest BCUT2D eigenvalue weighted by Crippen LogP contribution is -2.39. The lowest BCUT2D eigenvalue weighted by atomic mass is 9.87. The Balaban J connectivity index is 2.60. The molecule has 3 atom stereocenters. The summed E-state index contributed by atoms with van der Waals surface area (Å²) in [6, 6.07) is 0.119. The predicted octanol–water partition coefficient (Wildman–Crippen LogP) is 2.31. The maximum Gasteiger partial charge on any atom is 0.408 e. The molecule has 1 fully saturated rings. The van der Waals surface area contributed by atoms with Crippen molar-refractivity contribution in [3.8, 4) is 0 Å². The average Bonchev–Trinajstić information content (AvgIpc) is 2.25. The van der Waals surface area contributed by atoms with E-state index in [9.17, 15) is 4.79 Å². The van der Waals surface area contributed by atoms with Gasteiger partial charge in [-0.3, -0.25) is 0 Å². The van der Waals surface area contributed by atoms with Gasteiger partial charge in [0.1, 0.15) is 5.60 Å². The SMILES string of the molecule is CCC(C)CC1(C)OC(=O)NC1C. The van der Waals surface area contributed by atoms with E-state index in [0.29, 0.717) is 5.92 Å². The second-order valence-electron chi connectivity index (χ2n) is 4.29. The second kappa shape index (κ2) is 3.56. The van der Waals surface area contributed by atoms with Crippen LogP contribution in [0.25, 0.3) is 0 Å². The van der Waals surface area contributed by atoms with Gasteiger partial charge in [0.15, 0.2) is 0 Å². The number of carbonyl (C=O) groups is 1. The molecule has 0 bridgehead atoms. The number of hydrogen-bond donors (Lipinski definition) is 1. The van der Waals surface area contributed by atoms with Crippen LogP contribution in [0.1, 0.15) is 40.5 Å². The number of rotatable bonds is 3. The van der Waals surface area contributed by atoms with Crippen molar-refractivity contribution in [1.82, 2.24) is 5.32 Å². The van der Waals surface area contributed by atoms with Crippen molar-refractivity contribution in [3.63, 3.8) is 0 Å². The van der Waals surface area contributed by atoms with Crippen LogP contribution in [0.15, 0.2) is 0 Å². The summed E-state index contributed by atoms with van der Waals surface area (Å²) in [5, 5.41) is 2.78. The van der Waals surface area contributed by atoms with Gasteiger partial charge in [0.2, 0.25) is 0 Å². The van der Waals surface area contributed by atoms with Crippen molar-refractivity contribution in [1.29, 1.82) is 0 Å². The lowest BCUT2D eigenvalue weighted by Gasteiger charge is -2.28. The molecule has 0 aliphatic carbocycles. The summed E-state index contributed by atoms with van der Waals surface area (Å²) in [7, 11) is 0. The third kappa shape index (κ3) is 2.14. The Morgan fingerprint density at radius 3 is 2.69 bits per heavy atom. The van der Waals surface area contributed by atoms with Crippen LogP contribution in [0.5, 0.6) is 0 Å². The Bertz CT molecular complexity index is 205. The zero-order chi connectivity index (χ0) is 10.1. The number of cyclic esters (lactones) is 1. The fourth-order valence-electron chi connectivity index (χ4n) is 1.71. The number of amides is 1. The average molecular weight is 185 g/mol. The molecule has 13 heavy (non-hydrogen) atoms. The van der Waals surface area contributed by atoms with E-state index in [4.69, 9.17) is 4.74 Å². The number of carbonyl (C=O) groups excluding carboxylic acids is 1. The second-order valence-corrected chi connectivity index (χ2v) is 4.29. The number of ether oxygens (including phenoxy) is 1. The molecule has 1 rings (SSSR count). The van der Waals surface area contributed by atoms with Gasteiger partial charge in [-0.1, -0.05) is 20.3 Å². The lowest BCUT2D eigenvalue weighted by molar-refractivity contribution is 0.0356. The first-order valence-corrected chi connectivity index (χ1v) is 4.97. The molecule has 0 radical (unpaired) electrons. The molecular formula is C10H19NO2. The molecule has 0 aromatic carbocycles. The van der Waals surface area contributed by atoms with Crippen molar-refractivity contribution >= 4 is 6.09 Å². The van der Waals surface area contributed by atoms with E-state index >= 15 is 0 Å². The number of nitrogens with one attached hydrogen (secondary N) is 1. The van der Waals surface area contributed by atoms with E-state index in [1.54, 1.807) is 0 Å². The molecule has 1 heterocycles. The predicted molar refractivity (Wildman–Crippen MR) is 51.6 cm³/mol. The zero-order valence-electron chi connectivity index (χ0n) is 8.89. The molecular weight excluding hydrogens is 166 g/mol. The first-order valence-electron chi connectivity index (χ1n) is 4.97. The molecule has 0 saturated carbocycles. The highest BCUT2D eigenvalue weighted by Crippen LogP contribution is 2.30. The van der Waals surface area contributed by atoms with Crippen molar-refractivity contribution in [2.24, 2.45) is 5.92 Å². The van der Waals surface area contributed by atoms with Crippen molar-refractivity contribution in [2.75, 3.05) is 0 Å². The van der Waals surface area contributed by atoms with Crippen LogP contribution in [0.4, 0.5) is 4.79 Å². The summed E-state index contributed by atoms with van der Waals surface area (Å²) >= 11 is 0. The Morgan fingerprint density at radius 1 is 1.69 bits per heavy atom. The van der Waals surface area contributed by atoms with Gasteiger partial charge in [-0.15, -0.1) is 0 Å². The van der Waals surface area contributed by atoms with Crippen LogP contribution in [0.2, 0.25) is 0 Å². The molecule has 1 saturated heterocycles. The Hall–Kier alpha value is -0.730. The van der Waals surface area contributed by atoms with Crippen LogP contribution in [-0.2, 0) is 4.74 Å². The Morgan fingerprint density at radius 2 is 2.31 bits per heavy atom. The normalized spacial score (nSPS) is 35.4.